The van der Waals surface area contributed by atoms with E-state index in [0.29, 0.717) is 12.8 Å². The maximum Gasteiger partial charge on any atom is 0.141 e. The van der Waals surface area contributed by atoms with Crippen molar-refractivity contribution < 1.29 is 14.6 Å². The van der Waals surface area contributed by atoms with Gasteiger partial charge in [-0.1, -0.05) is 12.1 Å². The number of Topliss-reactive ketones (excluding diaryl/α,β-unsaturated/α-hetero) is 1. The van der Waals surface area contributed by atoms with Crippen molar-refractivity contribution in [3.63, 3.8) is 0 Å². The number of methoxy groups -OCH3 is 1. The number of carbonyl (C=O) groups excluding carboxylic acids is 1. The van der Waals surface area contributed by atoms with Crippen LogP contribution in [0.4, 0.5) is 0 Å². The highest BCUT2D eigenvalue weighted by Crippen LogP contribution is 2.58. The van der Waals surface area contributed by atoms with Crippen LogP contribution in [0.15, 0.2) is 24.3 Å². The molecule has 122 valence electrons. The van der Waals surface area contributed by atoms with E-state index in [2.05, 4.69) is 18.2 Å². The Hall–Kier alpha value is -1.61. The van der Waals surface area contributed by atoms with Gasteiger partial charge in [0.1, 0.15) is 11.5 Å². The normalized spacial score (nSPS) is 35.7. The Kier molecular flexibility index (Phi) is 3.21. The van der Waals surface area contributed by atoms with Gasteiger partial charge < -0.3 is 9.84 Å². The van der Waals surface area contributed by atoms with Gasteiger partial charge in [0, 0.05) is 12.3 Å². The summed E-state index contributed by atoms with van der Waals surface area (Å²) in [7, 11) is 1.69. The molecule has 0 heterocycles. The van der Waals surface area contributed by atoms with E-state index in [1.165, 1.54) is 16.7 Å². The van der Waals surface area contributed by atoms with Gasteiger partial charge >= 0.3 is 0 Å². The predicted octanol–water partition coefficient (Wildman–Crippen LogP) is 3.54. The second kappa shape index (κ2) is 4.94. The number of carbonyl (C=O) groups is 1. The summed E-state index contributed by atoms with van der Waals surface area (Å²) in [4.78, 5) is 12.6. The summed E-state index contributed by atoms with van der Waals surface area (Å²) >= 11 is 0. The van der Waals surface area contributed by atoms with Crippen molar-refractivity contribution in [3.05, 3.63) is 35.4 Å². The zero-order valence-corrected chi connectivity index (χ0v) is 13.9. The van der Waals surface area contributed by atoms with Crippen LogP contribution in [0.3, 0.4) is 0 Å². The first-order valence-electron chi connectivity index (χ1n) is 8.62. The lowest BCUT2D eigenvalue weighted by Gasteiger charge is -2.55. The summed E-state index contributed by atoms with van der Waals surface area (Å²) in [5, 5.41) is 11.6. The first-order chi connectivity index (χ1) is 11.0. The van der Waals surface area contributed by atoms with Crippen LogP contribution in [-0.2, 0) is 11.2 Å². The molecule has 0 radical (unpaired) electrons. The average molecular weight is 312 g/mol. The van der Waals surface area contributed by atoms with Crippen LogP contribution >= 0.6 is 0 Å². The number of ether oxygens (including phenoxy) is 1. The van der Waals surface area contributed by atoms with Crippen molar-refractivity contribution in [2.24, 2.45) is 11.3 Å². The van der Waals surface area contributed by atoms with Crippen molar-refractivity contribution in [3.8, 4) is 5.75 Å². The van der Waals surface area contributed by atoms with Gasteiger partial charge in [-0.2, -0.15) is 0 Å². The second-order valence-electron chi connectivity index (χ2n) is 7.51. The number of fused-ring (bicyclic) bond motifs is 5. The van der Waals surface area contributed by atoms with Crippen LogP contribution in [0.25, 0.3) is 5.57 Å². The summed E-state index contributed by atoms with van der Waals surface area (Å²) in [6, 6.07) is 6.21. The maximum atomic E-state index is 12.6. The summed E-state index contributed by atoms with van der Waals surface area (Å²) < 4.78 is 5.34. The first kappa shape index (κ1) is 14.9. The van der Waals surface area contributed by atoms with Gasteiger partial charge in [-0.15, -0.1) is 0 Å². The fourth-order valence-corrected chi connectivity index (χ4v) is 5.05. The van der Waals surface area contributed by atoms with Gasteiger partial charge in [-0.3, -0.25) is 4.79 Å². The smallest absolute Gasteiger partial charge is 0.141 e. The molecule has 0 saturated heterocycles. The molecule has 23 heavy (non-hydrogen) atoms. The molecule has 1 saturated carbocycles. The molecule has 1 aromatic rings. The molecule has 0 bridgehead atoms. The van der Waals surface area contributed by atoms with Crippen LogP contribution in [0.2, 0.25) is 0 Å². The fourth-order valence-electron chi connectivity index (χ4n) is 5.05. The Morgan fingerprint density at radius 1 is 1.30 bits per heavy atom. The molecule has 1 N–H and O–H groups in total. The highest BCUT2D eigenvalue weighted by Gasteiger charge is 2.59. The largest absolute Gasteiger partial charge is 0.497 e. The minimum atomic E-state index is -0.885. The third-order valence-corrected chi connectivity index (χ3v) is 6.54. The summed E-state index contributed by atoms with van der Waals surface area (Å²) in [5.74, 6) is 1.20. The van der Waals surface area contributed by atoms with Crippen LogP contribution in [0.1, 0.15) is 50.2 Å². The number of allylic oxidation sites excluding steroid dienone is 1. The van der Waals surface area contributed by atoms with E-state index in [1.807, 2.05) is 13.0 Å². The average Bonchev–Trinajstić information content (AvgIpc) is 2.56. The van der Waals surface area contributed by atoms with Crippen LogP contribution in [0.5, 0.6) is 5.75 Å². The molecule has 3 aliphatic carbocycles. The Morgan fingerprint density at radius 2 is 2.13 bits per heavy atom. The quantitative estimate of drug-likeness (QED) is 0.863. The monoisotopic (exact) mass is 312 g/mol. The molecule has 4 rings (SSSR count). The number of aliphatic hydroxyl groups is 1. The lowest BCUT2D eigenvalue weighted by atomic mass is 9.51. The number of rotatable bonds is 1. The van der Waals surface area contributed by atoms with E-state index in [1.54, 1.807) is 7.11 Å². The van der Waals surface area contributed by atoms with Gasteiger partial charge in [0.05, 0.1) is 18.1 Å². The first-order valence-corrected chi connectivity index (χ1v) is 8.62. The fraction of sp³-hybridized carbons (Fsp3) is 0.550. The number of aryl methyl sites for hydroxylation is 1. The van der Waals surface area contributed by atoms with E-state index < -0.39 is 11.0 Å². The van der Waals surface area contributed by atoms with Gasteiger partial charge in [0.15, 0.2) is 0 Å². The standard InChI is InChI=1S/C20H24O3/c1-19-11-9-16-15-7-6-14(23-2)12-13(15)5-8-17(16)20(19,22)10-3-4-18(19)21/h6-7,9,12,17,22H,3-5,8,10-11H2,1-2H3/t17-,19-,20-/m1/s1. The predicted molar refractivity (Wildman–Crippen MR) is 89.3 cm³/mol. The van der Waals surface area contributed by atoms with E-state index in [4.69, 9.17) is 4.74 Å². The van der Waals surface area contributed by atoms with Gasteiger partial charge in [-0.05, 0) is 67.9 Å². The van der Waals surface area contributed by atoms with Crippen molar-refractivity contribution in [2.75, 3.05) is 7.11 Å². The molecule has 1 aromatic carbocycles. The molecule has 3 nitrogen and oxygen atoms in total. The minimum Gasteiger partial charge on any atom is -0.497 e. The molecular formula is C20H24O3. The third-order valence-electron chi connectivity index (χ3n) is 6.54. The van der Waals surface area contributed by atoms with Crippen molar-refractivity contribution in [1.82, 2.24) is 0 Å². The lowest BCUT2D eigenvalue weighted by molar-refractivity contribution is -0.165. The van der Waals surface area contributed by atoms with Gasteiger partial charge in [-0.25, -0.2) is 0 Å². The minimum absolute atomic E-state index is 0.0754. The van der Waals surface area contributed by atoms with Crippen LogP contribution in [-0.4, -0.2) is 23.6 Å². The molecule has 3 aliphatic rings. The van der Waals surface area contributed by atoms with Crippen molar-refractivity contribution in [2.45, 2.75) is 51.0 Å². The molecule has 0 aliphatic heterocycles. The third kappa shape index (κ3) is 1.89. The Bertz CT molecular complexity index is 705. The topological polar surface area (TPSA) is 46.5 Å². The number of benzene rings is 1. The van der Waals surface area contributed by atoms with E-state index >= 15 is 0 Å². The lowest BCUT2D eigenvalue weighted by Crippen LogP contribution is -2.60. The van der Waals surface area contributed by atoms with Gasteiger partial charge in [0.2, 0.25) is 0 Å². The molecule has 0 spiro atoms. The van der Waals surface area contributed by atoms with Crippen LogP contribution < -0.4 is 4.74 Å². The van der Waals surface area contributed by atoms with Crippen molar-refractivity contribution >= 4 is 11.4 Å². The summed E-state index contributed by atoms with van der Waals surface area (Å²) in [6.07, 6.45) is 6.87. The molecule has 3 atom stereocenters. The molecule has 0 unspecified atom stereocenters. The highest BCUT2D eigenvalue weighted by molar-refractivity contribution is 5.89. The van der Waals surface area contributed by atoms with Gasteiger partial charge in [0.25, 0.3) is 0 Å². The maximum absolute atomic E-state index is 12.6. The number of hydrogen-bond acceptors (Lipinski definition) is 3. The van der Waals surface area contributed by atoms with E-state index in [-0.39, 0.29) is 11.7 Å². The Balaban J connectivity index is 1.82. The van der Waals surface area contributed by atoms with Crippen molar-refractivity contribution in [1.29, 1.82) is 0 Å². The number of hydrogen-bond donors (Lipinski definition) is 1. The molecule has 0 amide bonds. The summed E-state index contributed by atoms with van der Waals surface area (Å²) in [5.41, 5.74) is 2.27. The van der Waals surface area contributed by atoms with E-state index in [0.717, 1.165) is 31.4 Å². The number of ketones is 1. The van der Waals surface area contributed by atoms with E-state index in [9.17, 15) is 9.90 Å². The Labute approximate surface area is 137 Å². The zero-order chi connectivity index (χ0) is 16.2. The zero-order valence-electron chi connectivity index (χ0n) is 13.9. The molecule has 0 aromatic heterocycles. The second-order valence-corrected chi connectivity index (χ2v) is 7.51. The highest BCUT2D eigenvalue weighted by atomic mass is 16.5. The molecule has 1 fully saturated rings. The molecular weight excluding hydrogens is 288 g/mol. The Morgan fingerprint density at radius 3 is 2.91 bits per heavy atom. The molecule has 3 heteroatoms. The SMILES string of the molecule is COc1ccc2c(c1)CC[C@@H]1C2=CC[C@]2(C)C(=O)CCC[C@@]12O. The summed E-state index contributed by atoms with van der Waals surface area (Å²) in [6.45, 7) is 1.98. The van der Waals surface area contributed by atoms with Crippen LogP contribution in [0, 0.1) is 11.3 Å².